The molecule has 0 radical (unpaired) electrons. The average molecular weight is 618 g/mol. The van der Waals surface area contributed by atoms with E-state index in [0.717, 1.165) is 30.8 Å². The number of hydrogen-bond acceptors (Lipinski definition) is 9. The van der Waals surface area contributed by atoms with Gasteiger partial charge in [-0.05, 0) is 36.8 Å². The molecule has 0 saturated heterocycles. The van der Waals surface area contributed by atoms with Crippen LogP contribution in [0.4, 0.5) is 5.69 Å². The predicted molar refractivity (Wildman–Crippen MR) is 138 cm³/mol. The maximum atomic E-state index is 11.1. The van der Waals surface area contributed by atoms with Crippen molar-refractivity contribution in [3.8, 4) is 0 Å². The SMILES string of the molecule is O=S(=O)([O-])CCCN1C(=Cc2sc3ccc(Cl)cc3[n+]2CCCS(=O)(=O)[O-])Sc2ccc(Cl)cc21.[Na+]. The molecule has 1 aliphatic heterocycles. The number of halogens is 2. The van der Waals surface area contributed by atoms with E-state index in [1.165, 1.54) is 23.1 Å². The molecule has 2 aromatic carbocycles. The molecule has 0 fully saturated rings. The van der Waals surface area contributed by atoms with Crippen LogP contribution in [0.2, 0.25) is 10.0 Å². The zero-order chi connectivity index (χ0) is 25.4. The van der Waals surface area contributed by atoms with E-state index in [1.54, 1.807) is 24.3 Å². The number of hydrogen-bond donors (Lipinski definition) is 0. The smallest absolute Gasteiger partial charge is 0.748 e. The Morgan fingerprint density at radius 1 is 0.944 bits per heavy atom. The third-order valence-electron chi connectivity index (χ3n) is 5.18. The van der Waals surface area contributed by atoms with Crippen molar-refractivity contribution in [2.24, 2.45) is 0 Å². The van der Waals surface area contributed by atoms with Crippen molar-refractivity contribution >= 4 is 88.5 Å². The second-order valence-electron chi connectivity index (χ2n) is 7.78. The topological polar surface area (TPSA) is 122 Å². The Morgan fingerprint density at radius 2 is 1.58 bits per heavy atom. The molecule has 0 N–H and O–H groups in total. The molecule has 1 aromatic heterocycles. The molecule has 0 spiro atoms. The van der Waals surface area contributed by atoms with Gasteiger partial charge in [0.05, 0.1) is 37.0 Å². The average Bonchev–Trinajstić information content (AvgIpc) is 3.24. The van der Waals surface area contributed by atoms with Crippen LogP contribution in [0.5, 0.6) is 0 Å². The summed E-state index contributed by atoms with van der Waals surface area (Å²) in [6.45, 7) is 0.581. The first-order valence-electron chi connectivity index (χ1n) is 10.4. The molecule has 0 aliphatic carbocycles. The van der Waals surface area contributed by atoms with E-state index >= 15 is 0 Å². The van der Waals surface area contributed by atoms with Crippen molar-refractivity contribution in [2.45, 2.75) is 24.3 Å². The molecular weight excluding hydrogens is 598 g/mol. The summed E-state index contributed by atoms with van der Waals surface area (Å²) in [6, 6.07) is 10.8. The van der Waals surface area contributed by atoms with Gasteiger partial charge in [-0.15, -0.1) is 0 Å². The van der Waals surface area contributed by atoms with Crippen LogP contribution < -0.4 is 39.0 Å². The molecule has 8 nitrogen and oxygen atoms in total. The Morgan fingerprint density at radius 3 is 2.28 bits per heavy atom. The zero-order valence-corrected chi connectivity index (χ0v) is 25.8. The van der Waals surface area contributed by atoms with Crippen LogP contribution >= 0.6 is 46.3 Å². The number of thioether (sulfide) groups is 1. The van der Waals surface area contributed by atoms with E-state index in [-0.39, 0.29) is 42.4 Å². The number of nitrogens with zero attached hydrogens (tertiary/aromatic N) is 2. The molecule has 0 bridgehead atoms. The van der Waals surface area contributed by atoms with Crippen LogP contribution in [0.1, 0.15) is 17.8 Å². The van der Waals surface area contributed by atoms with Gasteiger partial charge in [0, 0.05) is 45.5 Å². The fourth-order valence-electron chi connectivity index (χ4n) is 3.73. The van der Waals surface area contributed by atoms with Gasteiger partial charge in [-0.3, -0.25) is 0 Å². The summed E-state index contributed by atoms with van der Waals surface area (Å²) in [5.74, 6) is -0.967. The van der Waals surface area contributed by atoms with Gasteiger partial charge in [-0.1, -0.05) is 46.3 Å². The van der Waals surface area contributed by atoms with Crippen LogP contribution in [0.3, 0.4) is 0 Å². The van der Waals surface area contributed by atoms with Crippen LogP contribution in [-0.4, -0.2) is 44.0 Å². The number of aromatic nitrogens is 1. The number of rotatable bonds is 9. The van der Waals surface area contributed by atoms with Crippen molar-refractivity contribution in [3.63, 3.8) is 0 Å². The first kappa shape index (κ1) is 30.2. The fraction of sp³-hybridized carbons (Fsp3) is 0.286. The summed E-state index contributed by atoms with van der Waals surface area (Å²) in [7, 11) is -8.69. The van der Waals surface area contributed by atoms with Gasteiger partial charge in [-0.2, -0.15) is 4.57 Å². The predicted octanol–water partition coefficient (Wildman–Crippen LogP) is 1.28. The normalized spacial score (nSPS) is 14.9. The minimum atomic E-state index is -4.35. The molecule has 0 unspecified atom stereocenters. The van der Waals surface area contributed by atoms with E-state index in [9.17, 15) is 25.9 Å². The first-order chi connectivity index (χ1) is 16.4. The molecule has 4 rings (SSSR count). The van der Waals surface area contributed by atoms with Crippen LogP contribution in [0.15, 0.2) is 46.3 Å². The summed E-state index contributed by atoms with van der Waals surface area (Å²) < 4.78 is 69.6. The van der Waals surface area contributed by atoms with Crippen LogP contribution in [0, 0.1) is 0 Å². The zero-order valence-electron chi connectivity index (χ0n) is 19.0. The quantitative estimate of drug-likeness (QED) is 0.200. The second-order valence-corrected chi connectivity index (χ2v) is 13.8. The largest absolute Gasteiger partial charge is 1.00 e. The molecule has 1 aliphatic rings. The Labute approximate surface area is 250 Å². The van der Waals surface area contributed by atoms with Gasteiger partial charge in [0.15, 0.2) is 6.54 Å². The van der Waals surface area contributed by atoms with Gasteiger partial charge in [0.2, 0.25) is 5.52 Å². The number of anilines is 1. The molecular formula is C21H19Cl2N2NaO6S4. The third-order valence-corrected chi connectivity index (χ3v) is 9.46. The maximum Gasteiger partial charge on any atom is 1.00 e. The Kier molecular flexibility index (Phi) is 10.2. The molecule has 36 heavy (non-hydrogen) atoms. The van der Waals surface area contributed by atoms with E-state index < -0.39 is 31.7 Å². The molecule has 188 valence electrons. The minimum absolute atomic E-state index is 0. The van der Waals surface area contributed by atoms with Crippen molar-refractivity contribution in [3.05, 3.63) is 56.5 Å². The molecule has 15 heteroatoms. The van der Waals surface area contributed by atoms with Crippen LogP contribution in [0.25, 0.3) is 16.3 Å². The third kappa shape index (κ3) is 7.82. The van der Waals surface area contributed by atoms with Gasteiger partial charge in [0.25, 0.3) is 5.01 Å². The van der Waals surface area contributed by atoms with Crippen molar-refractivity contribution in [1.29, 1.82) is 0 Å². The molecule has 2 heterocycles. The summed E-state index contributed by atoms with van der Waals surface area (Å²) in [6.07, 6.45) is 2.20. The Bertz CT molecular complexity index is 1530. The molecule has 0 amide bonds. The number of fused-ring (bicyclic) bond motifs is 2. The summed E-state index contributed by atoms with van der Waals surface area (Å²) >= 11 is 15.4. The summed E-state index contributed by atoms with van der Waals surface area (Å²) in [5, 5.41) is 2.65. The van der Waals surface area contributed by atoms with E-state index in [4.69, 9.17) is 23.2 Å². The van der Waals surface area contributed by atoms with Gasteiger partial charge < -0.3 is 14.0 Å². The molecule has 0 atom stereocenters. The number of thiazole rings is 1. The van der Waals surface area contributed by atoms with Crippen molar-refractivity contribution < 1.29 is 60.1 Å². The van der Waals surface area contributed by atoms with Gasteiger partial charge in [-0.25, -0.2) is 16.8 Å². The Hall–Kier alpha value is -0.380. The standard InChI is InChI=1S/C21H20Cl2N2O6S4.Na/c22-14-3-5-18-16(11-14)24(7-1-9-34(26,27)28)20(32-18)13-21-25(8-2-10-35(29,30)31)17-12-15(23)4-6-19(17)33-21;/h3-6,11-13H,1-2,7-10H2,(H-,26,27,28,29,30,31);/q;+1/p-1. The first-order valence-corrected chi connectivity index (χ1v) is 15.9. The summed E-state index contributed by atoms with van der Waals surface area (Å²) in [4.78, 5) is 2.85. The monoisotopic (exact) mass is 616 g/mol. The molecule has 3 aromatic rings. The maximum absolute atomic E-state index is 11.1. The fourth-order valence-corrected chi connectivity index (χ4v) is 7.31. The van der Waals surface area contributed by atoms with Crippen molar-refractivity contribution in [2.75, 3.05) is 23.0 Å². The van der Waals surface area contributed by atoms with Gasteiger partial charge >= 0.3 is 29.6 Å². The summed E-state index contributed by atoms with van der Waals surface area (Å²) in [5.41, 5.74) is 1.62. The number of benzene rings is 2. The second kappa shape index (κ2) is 12.2. The molecule has 0 saturated carbocycles. The van der Waals surface area contributed by atoms with E-state index in [0.29, 0.717) is 23.1 Å². The minimum Gasteiger partial charge on any atom is -0.748 e. The van der Waals surface area contributed by atoms with Crippen LogP contribution in [-0.2, 0) is 26.8 Å². The van der Waals surface area contributed by atoms with Gasteiger partial charge in [0.1, 0.15) is 4.70 Å². The van der Waals surface area contributed by atoms with Crippen molar-refractivity contribution in [1.82, 2.24) is 0 Å². The van der Waals surface area contributed by atoms with E-state index in [2.05, 4.69) is 0 Å². The van der Waals surface area contributed by atoms with E-state index in [1.807, 2.05) is 27.7 Å². The Balaban J connectivity index is 0.00000361. The number of aryl methyl sites for hydroxylation is 1.